The van der Waals surface area contributed by atoms with Crippen LogP contribution in [0, 0.1) is 10.1 Å². The fourth-order valence-corrected chi connectivity index (χ4v) is 4.23. The fourth-order valence-electron chi connectivity index (χ4n) is 4.23. The fraction of sp³-hybridized carbons (Fsp3) is 0.333. The van der Waals surface area contributed by atoms with Gasteiger partial charge in [-0.05, 0) is 37.1 Å². The zero-order valence-corrected chi connectivity index (χ0v) is 21.4. The number of aliphatic hydroxyl groups is 2. The van der Waals surface area contributed by atoms with Crippen molar-refractivity contribution in [2.45, 2.75) is 32.3 Å². The first-order valence-corrected chi connectivity index (χ1v) is 12.0. The molecular formula is C27H31N3O8. The number of nitro benzene ring substituents is 1. The number of ether oxygens (including phenoxy) is 2. The first-order valence-electron chi connectivity index (χ1n) is 12.0. The minimum atomic E-state index is -0.921. The lowest BCUT2D eigenvalue weighted by Gasteiger charge is -2.30. The van der Waals surface area contributed by atoms with Crippen LogP contribution in [0.4, 0.5) is 11.4 Å². The normalized spacial score (nSPS) is 16.0. The van der Waals surface area contributed by atoms with Crippen LogP contribution >= 0.6 is 0 Å². The van der Waals surface area contributed by atoms with Gasteiger partial charge < -0.3 is 30.3 Å². The number of benzene rings is 2. The molecule has 0 aromatic heterocycles. The molecular weight excluding hydrogens is 494 g/mol. The van der Waals surface area contributed by atoms with E-state index in [0.29, 0.717) is 23.4 Å². The summed E-state index contributed by atoms with van der Waals surface area (Å²) < 4.78 is 10.5. The van der Waals surface area contributed by atoms with Gasteiger partial charge in [-0.25, -0.2) is 9.59 Å². The molecule has 4 N–H and O–H groups in total. The monoisotopic (exact) mass is 525 g/mol. The van der Waals surface area contributed by atoms with Crippen LogP contribution in [0.3, 0.4) is 0 Å². The van der Waals surface area contributed by atoms with Gasteiger partial charge in [-0.2, -0.15) is 0 Å². The maximum atomic E-state index is 13.3. The van der Waals surface area contributed by atoms with E-state index in [1.54, 1.807) is 19.9 Å². The van der Waals surface area contributed by atoms with Gasteiger partial charge >= 0.3 is 11.9 Å². The third-order valence-corrected chi connectivity index (χ3v) is 6.13. The van der Waals surface area contributed by atoms with Gasteiger partial charge in [0.1, 0.15) is 0 Å². The summed E-state index contributed by atoms with van der Waals surface area (Å²) in [5, 5.41) is 35.8. The van der Waals surface area contributed by atoms with Crippen LogP contribution in [0.1, 0.15) is 30.9 Å². The van der Waals surface area contributed by atoms with Crippen molar-refractivity contribution < 1.29 is 34.2 Å². The number of carbonyl (C=O) groups is 2. The van der Waals surface area contributed by atoms with Crippen LogP contribution in [0.25, 0.3) is 0 Å². The van der Waals surface area contributed by atoms with E-state index in [0.717, 1.165) is 11.3 Å². The Hall–Kier alpha value is -4.22. The molecule has 0 amide bonds. The van der Waals surface area contributed by atoms with Crippen LogP contribution in [0.15, 0.2) is 71.1 Å². The number of nitrogens with zero attached hydrogens (tertiary/aromatic N) is 1. The Morgan fingerprint density at radius 3 is 2.37 bits per heavy atom. The number of non-ortho nitro benzene ring substituents is 1. The van der Waals surface area contributed by atoms with Gasteiger partial charge in [0.2, 0.25) is 0 Å². The van der Waals surface area contributed by atoms with Gasteiger partial charge in [0, 0.05) is 42.2 Å². The maximum Gasteiger partial charge on any atom is 0.336 e. The number of carbonyl (C=O) groups excluding carboxylic acids is 2. The minimum absolute atomic E-state index is 0.0591. The minimum Gasteiger partial charge on any atom is -0.466 e. The van der Waals surface area contributed by atoms with Crippen molar-refractivity contribution in [3.8, 4) is 0 Å². The van der Waals surface area contributed by atoms with Crippen molar-refractivity contribution in [3.63, 3.8) is 0 Å². The number of hydrogen-bond acceptors (Lipinski definition) is 10. The first-order chi connectivity index (χ1) is 18.2. The quantitative estimate of drug-likeness (QED) is 0.195. The highest BCUT2D eigenvalue weighted by Crippen LogP contribution is 2.40. The largest absolute Gasteiger partial charge is 0.466 e. The molecule has 0 radical (unpaired) electrons. The second kappa shape index (κ2) is 12.8. The highest BCUT2D eigenvalue weighted by Gasteiger charge is 2.38. The molecule has 1 aliphatic rings. The second-order valence-corrected chi connectivity index (χ2v) is 8.78. The number of esters is 2. The molecule has 38 heavy (non-hydrogen) atoms. The third kappa shape index (κ3) is 6.75. The number of anilines is 1. The van der Waals surface area contributed by atoms with Gasteiger partial charge in [-0.1, -0.05) is 24.3 Å². The molecule has 11 nitrogen and oxygen atoms in total. The number of hydrogen-bond donors (Lipinski definition) is 4. The molecule has 0 saturated carbocycles. The lowest BCUT2D eigenvalue weighted by molar-refractivity contribution is -0.384. The molecule has 0 fully saturated rings. The molecule has 3 rings (SSSR count). The third-order valence-electron chi connectivity index (χ3n) is 6.13. The summed E-state index contributed by atoms with van der Waals surface area (Å²) in [5.41, 5.74) is 3.17. The SMILES string of the molecule is COC(=O)C1=C(C)NC(C)=C(C(=O)OCCc2ccc(NCC(O)CO)cc2)C1c1cccc([N+](=O)[O-])c1. The van der Waals surface area contributed by atoms with Crippen molar-refractivity contribution in [2.24, 2.45) is 0 Å². The molecule has 0 saturated heterocycles. The van der Waals surface area contributed by atoms with E-state index < -0.39 is 28.9 Å². The Morgan fingerprint density at radius 1 is 1.11 bits per heavy atom. The Labute approximate surface area is 219 Å². The number of aliphatic hydroxyl groups excluding tert-OH is 2. The predicted molar refractivity (Wildman–Crippen MR) is 139 cm³/mol. The van der Waals surface area contributed by atoms with Crippen LogP contribution in [0.2, 0.25) is 0 Å². The van der Waals surface area contributed by atoms with E-state index >= 15 is 0 Å². The van der Waals surface area contributed by atoms with E-state index in [-0.39, 0.29) is 36.6 Å². The lowest BCUT2D eigenvalue weighted by Crippen LogP contribution is -2.32. The molecule has 2 aromatic carbocycles. The average molecular weight is 526 g/mol. The Balaban J connectivity index is 1.78. The van der Waals surface area contributed by atoms with Crippen molar-refractivity contribution in [1.82, 2.24) is 5.32 Å². The molecule has 1 aliphatic heterocycles. The number of rotatable bonds is 11. The summed E-state index contributed by atoms with van der Waals surface area (Å²) in [6, 6.07) is 13.1. The van der Waals surface area contributed by atoms with Crippen molar-refractivity contribution in [2.75, 3.05) is 32.2 Å². The van der Waals surface area contributed by atoms with E-state index in [1.165, 1.54) is 25.3 Å². The smallest absolute Gasteiger partial charge is 0.336 e. The number of methoxy groups -OCH3 is 1. The van der Waals surface area contributed by atoms with Gasteiger partial charge in [0.15, 0.2) is 0 Å². The van der Waals surface area contributed by atoms with Gasteiger partial charge in [0.25, 0.3) is 5.69 Å². The molecule has 2 aromatic rings. The van der Waals surface area contributed by atoms with Gasteiger partial charge in [-0.3, -0.25) is 10.1 Å². The molecule has 202 valence electrons. The summed E-state index contributed by atoms with van der Waals surface area (Å²) in [4.78, 5) is 36.9. The highest BCUT2D eigenvalue weighted by atomic mass is 16.6. The van der Waals surface area contributed by atoms with Crippen LogP contribution in [-0.4, -0.2) is 60.0 Å². The molecule has 0 bridgehead atoms. The molecule has 0 spiro atoms. The molecule has 2 atom stereocenters. The standard InChI is InChI=1S/C27H31N3O8/c1-16-23(26(33)37-3)25(19-5-4-6-21(13-19)30(35)36)24(17(2)29-16)27(34)38-12-11-18-7-9-20(10-8-18)28-14-22(32)15-31/h4-10,13,22,25,28-29,31-32H,11-12,14-15H2,1-3H3. The van der Waals surface area contributed by atoms with Crippen molar-refractivity contribution in [1.29, 1.82) is 0 Å². The van der Waals surface area contributed by atoms with Crippen LogP contribution < -0.4 is 10.6 Å². The predicted octanol–water partition coefficient (Wildman–Crippen LogP) is 2.55. The summed E-state index contributed by atoms with van der Waals surface area (Å²) in [5.74, 6) is -2.24. The first kappa shape index (κ1) is 28.4. The topological polar surface area (TPSA) is 160 Å². The Kier molecular flexibility index (Phi) is 9.58. The highest BCUT2D eigenvalue weighted by molar-refractivity contribution is 5.99. The average Bonchev–Trinajstić information content (AvgIpc) is 2.91. The van der Waals surface area contributed by atoms with Gasteiger partial charge in [-0.15, -0.1) is 0 Å². The van der Waals surface area contributed by atoms with Crippen LogP contribution in [0.5, 0.6) is 0 Å². The zero-order valence-electron chi connectivity index (χ0n) is 21.4. The summed E-state index contributed by atoms with van der Waals surface area (Å²) in [7, 11) is 1.23. The number of nitrogens with one attached hydrogen (secondary N) is 2. The number of dihydropyridines is 1. The molecule has 0 aliphatic carbocycles. The van der Waals surface area contributed by atoms with Crippen molar-refractivity contribution >= 4 is 23.3 Å². The van der Waals surface area contributed by atoms with Gasteiger partial charge in [0.05, 0.1) is 48.4 Å². The maximum absolute atomic E-state index is 13.3. The van der Waals surface area contributed by atoms with Crippen LogP contribution in [-0.2, 0) is 25.5 Å². The Morgan fingerprint density at radius 2 is 1.76 bits per heavy atom. The summed E-state index contributed by atoms with van der Waals surface area (Å²) in [6.45, 7) is 3.29. The summed E-state index contributed by atoms with van der Waals surface area (Å²) >= 11 is 0. The van der Waals surface area contributed by atoms with Crippen molar-refractivity contribution in [3.05, 3.63) is 92.3 Å². The lowest BCUT2D eigenvalue weighted by atomic mass is 9.80. The summed E-state index contributed by atoms with van der Waals surface area (Å²) in [6.07, 6.45) is -0.434. The molecule has 2 unspecified atom stereocenters. The molecule has 11 heteroatoms. The van der Waals surface area contributed by atoms with E-state index in [1.807, 2.05) is 24.3 Å². The van der Waals surface area contributed by atoms with E-state index in [9.17, 15) is 24.8 Å². The zero-order chi connectivity index (χ0) is 27.8. The Bertz CT molecular complexity index is 1250. The van der Waals surface area contributed by atoms with E-state index in [2.05, 4.69) is 10.6 Å². The number of nitro groups is 1. The van der Waals surface area contributed by atoms with E-state index in [4.69, 9.17) is 14.6 Å². The second-order valence-electron chi connectivity index (χ2n) is 8.78. The number of allylic oxidation sites excluding steroid dienone is 2. The molecule has 1 heterocycles.